The van der Waals surface area contributed by atoms with E-state index in [1.807, 2.05) is 30.3 Å². The van der Waals surface area contributed by atoms with Gasteiger partial charge in [-0.15, -0.1) is 0 Å². The molecule has 2 N–H and O–H groups in total. The van der Waals surface area contributed by atoms with Gasteiger partial charge < -0.3 is 15.2 Å². The highest BCUT2D eigenvalue weighted by atomic mass is 79.9. The number of hydrogen-bond donors (Lipinski definition) is 2. The number of anilines is 1. The van der Waals surface area contributed by atoms with E-state index in [1.165, 1.54) is 0 Å². The molecule has 0 saturated carbocycles. The third kappa shape index (κ3) is 3.72. The monoisotopic (exact) mass is 407 g/mol. The van der Waals surface area contributed by atoms with E-state index >= 15 is 0 Å². The minimum atomic E-state index is 0.519. The zero-order valence-electron chi connectivity index (χ0n) is 13.1. The fourth-order valence-corrected chi connectivity index (χ4v) is 2.90. The predicted molar refractivity (Wildman–Crippen MR) is 102 cm³/mol. The summed E-state index contributed by atoms with van der Waals surface area (Å²) in [6.07, 6.45) is 1.73. The highest BCUT2D eigenvalue weighted by molar-refractivity contribution is 9.10. The molecule has 0 atom stereocenters. The van der Waals surface area contributed by atoms with Gasteiger partial charge in [-0.05, 0) is 22.0 Å². The molecule has 124 valence electrons. The normalized spacial score (nSPS) is 11.0. The quantitative estimate of drug-likeness (QED) is 0.465. The number of benzene rings is 1. The molecule has 3 aromatic rings. The van der Waals surface area contributed by atoms with Crippen molar-refractivity contribution in [2.45, 2.75) is 0 Å². The Kier molecular flexibility index (Phi) is 5.73. The fourth-order valence-electron chi connectivity index (χ4n) is 2.32. The molecular weight excluding hydrogens is 392 g/mol. The first-order valence-corrected chi connectivity index (χ1v) is 8.60. The van der Waals surface area contributed by atoms with Crippen LogP contribution in [0.4, 0.5) is 5.82 Å². The number of halogens is 2. The Bertz CT molecular complexity index is 844. The molecule has 0 radical (unpaired) electrons. The molecule has 0 unspecified atom stereocenters. The molecule has 2 aromatic heterocycles. The molecular formula is C15H16BBrClN5O. The van der Waals surface area contributed by atoms with Crippen LogP contribution in [0.5, 0.6) is 0 Å². The van der Waals surface area contributed by atoms with Gasteiger partial charge in [-0.3, -0.25) is 0 Å². The van der Waals surface area contributed by atoms with E-state index in [0.717, 1.165) is 40.3 Å². The van der Waals surface area contributed by atoms with E-state index in [0.29, 0.717) is 12.6 Å². The lowest BCUT2D eigenvalue weighted by molar-refractivity contribution is 0.431. The lowest BCUT2D eigenvalue weighted by atomic mass is 10.1. The molecule has 1 aromatic carbocycles. The van der Waals surface area contributed by atoms with Crippen molar-refractivity contribution in [1.29, 1.82) is 0 Å². The van der Waals surface area contributed by atoms with Crippen molar-refractivity contribution in [2.75, 3.05) is 25.5 Å². The molecule has 9 heteroatoms. The van der Waals surface area contributed by atoms with E-state index in [4.69, 9.17) is 16.3 Å². The molecule has 0 aliphatic carbocycles. The molecule has 0 bridgehead atoms. The standard InChI is InChI=1S/C15H16BBrClN5O/c1-24-16-20-7-6-19-14-8-13(10-4-2-3-5-12(10)18)22-15-11(17)9-21-23(14)15/h2-5,8-9,16,19-20H,6-7H2,1H3. The Morgan fingerprint density at radius 2 is 2.17 bits per heavy atom. The fraction of sp³-hybridized carbons (Fsp3) is 0.200. The average molecular weight is 408 g/mol. The number of hydrogen-bond acceptors (Lipinski definition) is 5. The number of nitrogens with zero attached hydrogens (tertiary/aromatic N) is 3. The van der Waals surface area contributed by atoms with Crippen molar-refractivity contribution in [3.8, 4) is 11.3 Å². The largest absolute Gasteiger partial charge is 0.427 e. The number of aromatic nitrogens is 3. The molecule has 24 heavy (non-hydrogen) atoms. The van der Waals surface area contributed by atoms with Crippen LogP contribution in [0.3, 0.4) is 0 Å². The van der Waals surface area contributed by atoms with Crippen LogP contribution in [0.2, 0.25) is 5.02 Å². The van der Waals surface area contributed by atoms with Gasteiger partial charge in [0.05, 0.1) is 16.4 Å². The SMILES string of the molecule is COBNCCNc1cc(-c2ccccc2Cl)nc2c(Br)cnn12. The van der Waals surface area contributed by atoms with E-state index in [2.05, 4.69) is 36.6 Å². The van der Waals surface area contributed by atoms with Crippen LogP contribution >= 0.6 is 27.5 Å². The van der Waals surface area contributed by atoms with Gasteiger partial charge in [0.15, 0.2) is 5.65 Å². The third-order valence-electron chi connectivity index (χ3n) is 3.43. The van der Waals surface area contributed by atoms with Gasteiger partial charge >= 0.3 is 7.62 Å². The van der Waals surface area contributed by atoms with Crippen LogP contribution in [0.25, 0.3) is 16.9 Å². The van der Waals surface area contributed by atoms with Crippen LogP contribution in [0, 0.1) is 0 Å². The zero-order chi connectivity index (χ0) is 16.9. The van der Waals surface area contributed by atoms with Gasteiger partial charge in [-0.2, -0.15) is 9.61 Å². The average Bonchev–Trinajstić information content (AvgIpc) is 2.96. The van der Waals surface area contributed by atoms with Crippen LogP contribution in [0.15, 0.2) is 41.0 Å². The number of rotatable bonds is 7. The van der Waals surface area contributed by atoms with Crippen molar-refractivity contribution >= 4 is 46.6 Å². The maximum Gasteiger partial charge on any atom is 0.360 e. The Hall–Kier alpha value is -1.61. The summed E-state index contributed by atoms with van der Waals surface area (Å²) < 4.78 is 7.57. The molecule has 3 rings (SSSR count). The maximum atomic E-state index is 6.32. The first-order chi connectivity index (χ1) is 11.7. The molecule has 0 saturated heterocycles. The Balaban J connectivity index is 1.94. The minimum Gasteiger partial charge on any atom is -0.427 e. The van der Waals surface area contributed by atoms with Crippen molar-refractivity contribution in [1.82, 2.24) is 19.8 Å². The number of nitrogens with one attached hydrogen (secondary N) is 2. The molecule has 0 aliphatic rings. The summed E-state index contributed by atoms with van der Waals surface area (Å²) in [5.74, 6) is 0.847. The van der Waals surface area contributed by atoms with Gasteiger partial charge in [0.2, 0.25) is 0 Å². The second kappa shape index (κ2) is 7.98. The van der Waals surface area contributed by atoms with Gasteiger partial charge in [0.25, 0.3) is 0 Å². The van der Waals surface area contributed by atoms with Crippen molar-refractivity contribution < 1.29 is 4.65 Å². The molecule has 6 nitrogen and oxygen atoms in total. The molecule has 0 spiro atoms. The summed E-state index contributed by atoms with van der Waals surface area (Å²) in [6.45, 7) is 1.49. The van der Waals surface area contributed by atoms with Crippen molar-refractivity contribution in [3.63, 3.8) is 0 Å². The molecule has 0 amide bonds. The van der Waals surface area contributed by atoms with E-state index in [1.54, 1.807) is 17.8 Å². The first-order valence-electron chi connectivity index (χ1n) is 7.43. The molecule has 0 fully saturated rings. The highest BCUT2D eigenvalue weighted by Crippen LogP contribution is 2.30. The summed E-state index contributed by atoms with van der Waals surface area (Å²) >= 11 is 9.81. The van der Waals surface area contributed by atoms with Crippen molar-refractivity contribution in [3.05, 3.63) is 46.0 Å². The summed E-state index contributed by atoms with van der Waals surface area (Å²) in [7, 11) is 2.18. The predicted octanol–water partition coefficient (Wildman–Crippen LogP) is 2.73. The van der Waals surface area contributed by atoms with Crippen molar-refractivity contribution in [2.24, 2.45) is 0 Å². The lowest BCUT2D eigenvalue weighted by Gasteiger charge is -2.11. The maximum absolute atomic E-state index is 6.32. The molecule has 0 aliphatic heterocycles. The Morgan fingerprint density at radius 3 is 2.96 bits per heavy atom. The van der Waals surface area contributed by atoms with E-state index in [-0.39, 0.29) is 0 Å². The summed E-state index contributed by atoms with van der Waals surface area (Å²) in [5, 5.41) is 11.5. The summed E-state index contributed by atoms with van der Waals surface area (Å²) in [6, 6.07) is 9.61. The first kappa shape index (κ1) is 17.2. The van der Waals surface area contributed by atoms with Crippen LogP contribution in [-0.4, -0.2) is 42.4 Å². The Labute approximate surface area is 154 Å². The number of fused-ring (bicyclic) bond motifs is 1. The summed E-state index contributed by atoms with van der Waals surface area (Å²) in [5.41, 5.74) is 2.41. The molecule has 2 heterocycles. The van der Waals surface area contributed by atoms with Gasteiger partial charge in [0.1, 0.15) is 5.82 Å². The van der Waals surface area contributed by atoms with E-state index in [9.17, 15) is 0 Å². The van der Waals surface area contributed by atoms with Gasteiger partial charge in [0, 0.05) is 36.9 Å². The minimum absolute atomic E-state index is 0.519. The van der Waals surface area contributed by atoms with Crippen LogP contribution in [-0.2, 0) is 4.65 Å². The van der Waals surface area contributed by atoms with Gasteiger partial charge in [-0.25, -0.2) is 4.98 Å². The van der Waals surface area contributed by atoms with Gasteiger partial charge in [-0.1, -0.05) is 29.8 Å². The summed E-state index contributed by atoms with van der Waals surface area (Å²) in [4.78, 5) is 4.68. The second-order valence-corrected chi connectivity index (χ2v) is 6.36. The topological polar surface area (TPSA) is 63.5 Å². The van der Waals surface area contributed by atoms with E-state index < -0.39 is 0 Å². The zero-order valence-corrected chi connectivity index (χ0v) is 15.4. The van der Waals surface area contributed by atoms with Crippen LogP contribution in [0.1, 0.15) is 0 Å². The third-order valence-corrected chi connectivity index (χ3v) is 4.32. The Morgan fingerprint density at radius 1 is 1.33 bits per heavy atom. The smallest absolute Gasteiger partial charge is 0.360 e. The second-order valence-electron chi connectivity index (χ2n) is 5.09. The lowest BCUT2D eigenvalue weighted by Crippen LogP contribution is -2.27. The highest BCUT2D eigenvalue weighted by Gasteiger charge is 2.12. The van der Waals surface area contributed by atoms with Crippen LogP contribution < -0.4 is 10.5 Å².